The van der Waals surface area contributed by atoms with Crippen LogP contribution in [0.1, 0.15) is 36.1 Å². The second-order valence-corrected chi connectivity index (χ2v) is 23.8. The Kier molecular flexibility index (Phi) is 12.0. The molecule has 0 amide bonds. The Balaban J connectivity index is 0.779. The first kappa shape index (κ1) is 50.9. The number of fused-ring (bicyclic) bond motifs is 12. The molecule has 0 atom stereocenters. The molecule has 14 aromatic carbocycles. The van der Waals surface area contributed by atoms with Gasteiger partial charge in [-0.2, -0.15) is 0 Å². The molecule has 3 heteroatoms. The standard InChI is InChI=1S/C83H61N3/c1-54-48-57(59-36-47-82-78(51-59)76-30-18-19-31-81(76)86(82)62-24-12-7-13-25-62)34-42-67(54)68-44-39-64(49-55(68)2)85(63-37-32-56(33-38-63)58-35-43-73-71-28-15-14-26-69(71)70-27-16-17-29-72(70)77(73)50-58)66-41-46-75-74-45-40-65(52-79(74)83(3,4)80(75)53-66)84(60-20-8-5-9-21-60)61-22-10-6-11-23-61/h5-53H,1-4H3. The van der Waals surface area contributed by atoms with Crippen molar-refractivity contribution in [1.29, 1.82) is 0 Å². The highest BCUT2D eigenvalue weighted by atomic mass is 15.1. The fourth-order valence-corrected chi connectivity index (χ4v) is 14.2. The van der Waals surface area contributed by atoms with Crippen LogP contribution in [0.15, 0.2) is 297 Å². The predicted octanol–water partition coefficient (Wildman–Crippen LogP) is 23.1. The fraction of sp³-hybridized carbons (Fsp3) is 0.0602. The minimum absolute atomic E-state index is 0.285. The minimum atomic E-state index is -0.285. The average molecular weight is 1100 g/mol. The maximum absolute atomic E-state index is 2.46. The fourth-order valence-electron chi connectivity index (χ4n) is 14.2. The Bertz CT molecular complexity index is 5080. The van der Waals surface area contributed by atoms with Crippen molar-refractivity contribution in [2.24, 2.45) is 0 Å². The van der Waals surface area contributed by atoms with Crippen LogP contribution in [0, 0.1) is 13.8 Å². The van der Waals surface area contributed by atoms with Gasteiger partial charge in [-0.3, -0.25) is 0 Å². The van der Waals surface area contributed by atoms with Crippen molar-refractivity contribution < 1.29 is 0 Å². The maximum Gasteiger partial charge on any atom is 0.0541 e. The quantitative estimate of drug-likeness (QED) is 0.126. The summed E-state index contributed by atoms with van der Waals surface area (Å²) in [5, 5.41) is 10.2. The van der Waals surface area contributed by atoms with E-state index in [1.807, 2.05) is 0 Å². The van der Waals surface area contributed by atoms with Crippen molar-refractivity contribution in [1.82, 2.24) is 4.57 Å². The van der Waals surface area contributed by atoms with E-state index in [4.69, 9.17) is 0 Å². The lowest BCUT2D eigenvalue weighted by Gasteiger charge is -2.29. The lowest BCUT2D eigenvalue weighted by Crippen LogP contribution is -2.17. The van der Waals surface area contributed by atoms with Gasteiger partial charge < -0.3 is 14.4 Å². The van der Waals surface area contributed by atoms with Gasteiger partial charge in [-0.25, -0.2) is 0 Å². The number of nitrogens with zero attached hydrogens (tertiary/aromatic N) is 3. The molecule has 1 heterocycles. The van der Waals surface area contributed by atoms with Crippen LogP contribution < -0.4 is 9.80 Å². The van der Waals surface area contributed by atoms with E-state index in [9.17, 15) is 0 Å². The molecule has 0 spiro atoms. The highest BCUT2D eigenvalue weighted by Gasteiger charge is 2.37. The van der Waals surface area contributed by atoms with Gasteiger partial charge in [-0.05, 0) is 222 Å². The predicted molar refractivity (Wildman–Crippen MR) is 366 cm³/mol. The van der Waals surface area contributed by atoms with Crippen molar-refractivity contribution in [2.75, 3.05) is 9.80 Å². The Labute approximate surface area is 502 Å². The summed E-state index contributed by atoms with van der Waals surface area (Å²) in [6.45, 7) is 9.31. The van der Waals surface area contributed by atoms with E-state index in [1.165, 1.54) is 127 Å². The van der Waals surface area contributed by atoms with E-state index >= 15 is 0 Å². The van der Waals surface area contributed by atoms with Crippen LogP contribution in [0.2, 0.25) is 0 Å². The molecule has 408 valence electrons. The van der Waals surface area contributed by atoms with Crippen LogP contribution in [-0.4, -0.2) is 4.57 Å². The number of para-hydroxylation sites is 4. The first-order valence-electron chi connectivity index (χ1n) is 30.0. The molecular formula is C83H61N3. The Morgan fingerprint density at radius 2 is 0.628 bits per heavy atom. The van der Waals surface area contributed by atoms with Crippen molar-refractivity contribution in [3.63, 3.8) is 0 Å². The van der Waals surface area contributed by atoms with Gasteiger partial charge in [-0.1, -0.05) is 202 Å². The van der Waals surface area contributed by atoms with Crippen LogP contribution in [0.5, 0.6) is 0 Å². The highest BCUT2D eigenvalue weighted by Crippen LogP contribution is 2.53. The Morgan fingerprint density at radius 3 is 1.21 bits per heavy atom. The molecule has 0 fully saturated rings. The monoisotopic (exact) mass is 1100 g/mol. The van der Waals surface area contributed by atoms with E-state index < -0.39 is 0 Å². The maximum atomic E-state index is 2.46. The molecule has 1 aromatic heterocycles. The van der Waals surface area contributed by atoms with Gasteiger partial charge in [0.1, 0.15) is 0 Å². The summed E-state index contributed by atoms with van der Waals surface area (Å²) in [7, 11) is 0. The zero-order chi connectivity index (χ0) is 57.6. The molecule has 0 bridgehead atoms. The third kappa shape index (κ3) is 8.33. The van der Waals surface area contributed by atoms with Gasteiger partial charge in [0.2, 0.25) is 0 Å². The zero-order valence-corrected chi connectivity index (χ0v) is 48.6. The van der Waals surface area contributed by atoms with Gasteiger partial charge in [0.25, 0.3) is 0 Å². The summed E-state index contributed by atoms with van der Waals surface area (Å²) >= 11 is 0. The number of anilines is 6. The molecule has 3 nitrogen and oxygen atoms in total. The van der Waals surface area contributed by atoms with Gasteiger partial charge in [0, 0.05) is 56.0 Å². The molecule has 0 saturated carbocycles. The number of aryl methyl sites for hydroxylation is 2. The van der Waals surface area contributed by atoms with Crippen LogP contribution >= 0.6 is 0 Å². The summed E-state index contributed by atoms with van der Waals surface area (Å²) in [5.41, 5.74) is 25.0. The molecule has 0 aliphatic heterocycles. The number of rotatable bonds is 10. The van der Waals surface area contributed by atoms with E-state index in [0.717, 1.165) is 34.1 Å². The highest BCUT2D eigenvalue weighted by molar-refractivity contribution is 6.25. The summed E-state index contributed by atoms with van der Waals surface area (Å²) in [4.78, 5) is 4.83. The van der Waals surface area contributed by atoms with Crippen LogP contribution in [0.25, 0.3) is 104 Å². The van der Waals surface area contributed by atoms with E-state index in [-0.39, 0.29) is 5.41 Å². The molecule has 0 unspecified atom stereocenters. The smallest absolute Gasteiger partial charge is 0.0541 e. The lowest BCUT2D eigenvalue weighted by molar-refractivity contribution is 0.660. The van der Waals surface area contributed by atoms with Crippen molar-refractivity contribution in [3.05, 3.63) is 320 Å². The Morgan fingerprint density at radius 1 is 0.256 bits per heavy atom. The SMILES string of the molecule is Cc1cc(-c2ccc3c(c2)c2ccccc2n3-c2ccccc2)ccc1-c1ccc(N(c2ccc(-c3ccc4c5ccccc5c5ccccc5c4c3)cc2)c2ccc3c(c2)C(C)(C)c2cc(N(c4ccccc4)c4ccccc4)ccc2-3)cc1C. The zero-order valence-electron chi connectivity index (χ0n) is 48.6. The van der Waals surface area contributed by atoms with Crippen LogP contribution in [-0.2, 0) is 5.41 Å². The van der Waals surface area contributed by atoms with Crippen LogP contribution in [0.4, 0.5) is 34.1 Å². The molecule has 0 saturated heterocycles. The van der Waals surface area contributed by atoms with E-state index in [1.54, 1.807) is 0 Å². The molecule has 1 aliphatic rings. The van der Waals surface area contributed by atoms with E-state index in [2.05, 4.69) is 339 Å². The number of benzene rings is 14. The summed E-state index contributed by atoms with van der Waals surface area (Å²) in [5.74, 6) is 0. The van der Waals surface area contributed by atoms with Crippen LogP contribution in [0.3, 0.4) is 0 Å². The Hall–Kier alpha value is -10.7. The van der Waals surface area contributed by atoms with Crippen molar-refractivity contribution in [3.8, 4) is 50.2 Å². The largest absolute Gasteiger partial charge is 0.310 e. The van der Waals surface area contributed by atoms with E-state index in [0.29, 0.717) is 0 Å². The summed E-state index contributed by atoms with van der Waals surface area (Å²) < 4.78 is 2.38. The van der Waals surface area contributed by atoms with Gasteiger partial charge in [0.05, 0.1) is 11.0 Å². The molecule has 16 rings (SSSR count). The third-order valence-corrected chi connectivity index (χ3v) is 18.4. The second kappa shape index (κ2) is 20.3. The first-order chi connectivity index (χ1) is 42.2. The average Bonchev–Trinajstić information content (AvgIpc) is 2.20. The summed E-state index contributed by atoms with van der Waals surface area (Å²) in [6, 6.07) is 110. The summed E-state index contributed by atoms with van der Waals surface area (Å²) in [6.07, 6.45) is 0. The lowest BCUT2D eigenvalue weighted by atomic mass is 9.82. The second-order valence-electron chi connectivity index (χ2n) is 23.8. The molecular weight excluding hydrogens is 1040 g/mol. The van der Waals surface area contributed by atoms with Crippen molar-refractivity contribution >= 4 is 88.2 Å². The minimum Gasteiger partial charge on any atom is -0.310 e. The van der Waals surface area contributed by atoms with Gasteiger partial charge in [0.15, 0.2) is 0 Å². The normalized spacial score (nSPS) is 12.5. The molecule has 86 heavy (non-hydrogen) atoms. The number of aromatic nitrogens is 1. The third-order valence-electron chi connectivity index (χ3n) is 18.4. The van der Waals surface area contributed by atoms with Gasteiger partial charge in [-0.15, -0.1) is 0 Å². The first-order valence-corrected chi connectivity index (χ1v) is 30.0. The molecule has 0 radical (unpaired) electrons. The molecule has 1 aliphatic carbocycles. The molecule has 0 N–H and O–H groups in total. The molecule has 15 aromatic rings. The van der Waals surface area contributed by atoms with Crippen molar-refractivity contribution in [2.45, 2.75) is 33.1 Å². The number of hydrogen-bond donors (Lipinski definition) is 0. The topological polar surface area (TPSA) is 11.4 Å². The number of hydrogen-bond acceptors (Lipinski definition) is 2. The van der Waals surface area contributed by atoms with Gasteiger partial charge >= 0.3 is 0 Å².